The summed E-state index contributed by atoms with van der Waals surface area (Å²) in [4.78, 5) is 5.30. The van der Waals surface area contributed by atoms with Crippen LogP contribution in [0.3, 0.4) is 0 Å². The largest absolute Gasteiger partial charge is 0.454 e. The van der Waals surface area contributed by atoms with Gasteiger partial charge in [0.1, 0.15) is 0 Å². The zero-order valence-electron chi connectivity index (χ0n) is 11.5. The zero-order chi connectivity index (χ0) is 14.2. The number of ether oxygens (including phenoxy) is 2. The highest BCUT2D eigenvalue weighted by Crippen LogP contribution is 2.32. The molecule has 1 aliphatic heterocycles. The quantitative estimate of drug-likeness (QED) is 0.802. The Morgan fingerprint density at radius 2 is 2.24 bits per heavy atom. The molecule has 2 aromatic heterocycles. The van der Waals surface area contributed by atoms with E-state index in [0.717, 1.165) is 40.3 Å². The average Bonchev–Trinajstić information content (AvgIpc) is 3.12. The monoisotopic (exact) mass is 302 g/mol. The number of fused-ring (bicyclic) bond motifs is 2. The highest BCUT2D eigenvalue weighted by molar-refractivity contribution is 7.20. The Bertz CT molecular complexity index is 764. The number of aryl methyl sites for hydroxylation is 1. The third-order valence-corrected chi connectivity index (χ3v) is 4.17. The van der Waals surface area contributed by atoms with Crippen LogP contribution >= 0.6 is 11.3 Å². The van der Waals surface area contributed by atoms with Crippen LogP contribution in [0.2, 0.25) is 0 Å². The van der Waals surface area contributed by atoms with Crippen molar-refractivity contribution in [2.24, 2.45) is 0 Å². The van der Waals surface area contributed by atoms with Crippen molar-refractivity contribution in [2.75, 3.05) is 18.7 Å². The van der Waals surface area contributed by atoms with Gasteiger partial charge in [-0.05, 0) is 31.0 Å². The second-order valence-corrected chi connectivity index (χ2v) is 5.84. The molecular formula is C14H14N4O2S. The molecule has 3 aromatic rings. The van der Waals surface area contributed by atoms with E-state index in [1.54, 1.807) is 11.3 Å². The molecule has 108 valence electrons. The Hall–Kier alpha value is -2.28. The molecule has 0 radical (unpaired) electrons. The molecule has 0 saturated heterocycles. The van der Waals surface area contributed by atoms with Gasteiger partial charge in [-0.15, -0.1) is 5.10 Å². The van der Waals surface area contributed by atoms with Crippen LogP contribution in [0.25, 0.3) is 4.96 Å². The van der Waals surface area contributed by atoms with Crippen LogP contribution < -0.4 is 14.8 Å². The number of benzene rings is 1. The van der Waals surface area contributed by atoms with Crippen molar-refractivity contribution in [3.05, 3.63) is 35.7 Å². The molecule has 0 atom stereocenters. The summed E-state index contributed by atoms with van der Waals surface area (Å²) in [6.45, 7) is 3.10. The molecule has 1 aliphatic rings. The van der Waals surface area contributed by atoms with E-state index in [2.05, 4.69) is 21.5 Å². The molecule has 21 heavy (non-hydrogen) atoms. The summed E-state index contributed by atoms with van der Waals surface area (Å²) in [6.07, 6.45) is 2.83. The number of hydrogen-bond donors (Lipinski definition) is 1. The van der Waals surface area contributed by atoms with Gasteiger partial charge in [-0.25, -0.2) is 9.50 Å². The molecule has 1 N–H and O–H groups in total. The van der Waals surface area contributed by atoms with Gasteiger partial charge in [0.15, 0.2) is 11.5 Å². The van der Waals surface area contributed by atoms with Crippen LogP contribution in [0, 0.1) is 6.92 Å². The molecular weight excluding hydrogens is 288 g/mol. The predicted octanol–water partition coefficient (Wildman–Crippen LogP) is 2.48. The minimum Gasteiger partial charge on any atom is -0.454 e. The van der Waals surface area contributed by atoms with Crippen LogP contribution in [0.1, 0.15) is 11.3 Å². The highest BCUT2D eigenvalue weighted by atomic mass is 32.1. The third kappa shape index (κ3) is 2.40. The second-order valence-electron chi connectivity index (χ2n) is 4.88. The SMILES string of the molecule is Cc1cn2nc(NCCc3ccc4c(c3)OCO4)sc2n1. The van der Waals surface area contributed by atoms with Gasteiger partial charge in [0, 0.05) is 6.54 Å². The molecule has 6 nitrogen and oxygen atoms in total. The lowest BCUT2D eigenvalue weighted by molar-refractivity contribution is 0.174. The molecule has 7 heteroatoms. The van der Waals surface area contributed by atoms with E-state index < -0.39 is 0 Å². The van der Waals surface area contributed by atoms with Crippen LogP contribution in [0.5, 0.6) is 11.5 Å². The van der Waals surface area contributed by atoms with Crippen molar-refractivity contribution < 1.29 is 9.47 Å². The van der Waals surface area contributed by atoms with Gasteiger partial charge in [0.2, 0.25) is 16.9 Å². The Kier molecular flexibility index (Phi) is 2.92. The lowest BCUT2D eigenvalue weighted by Gasteiger charge is -2.04. The van der Waals surface area contributed by atoms with E-state index in [0.29, 0.717) is 6.79 Å². The molecule has 0 aliphatic carbocycles. The third-order valence-electron chi connectivity index (χ3n) is 3.29. The van der Waals surface area contributed by atoms with E-state index in [1.165, 1.54) is 5.56 Å². The number of hydrogen-bond acceptors (Lipinski definition) is 6. The highest BCUT2D eigenvalue weighted by Gasteiger charge is 2.13. The Morgan fingerprint density at radius 3 is 3.14 bits per heavy atom. The summed E-state index contributed by atoms with van der Waals surface area (Å²) in [5.41, 5.74) is 2.20. The van der Waals surface area contributed by atoms with E-state index >= 15 is 0 Å². The number of imidazole rings is 1. The van der Waals surface area contributed by atoms with E-state index in [4.69, 9.17) is 9.47 Å². The fourth-order valence-corrected chi connectivity index (χ4v) is 3.14. The molecule has 0 saturated carbocycles. The molecule has 0 amide bonds. The smallest absolute Gasteiger partial charge is 0.231 e. The maximum Gasteiger partial charge on any atom is 0.231 e. The van der Waals surface area contributed by atoms with Gasteiger partial charge in [0.25, 0.3) is 0 Å². The second kappa shape index (κ2) is 4.92. The summed E-state index contributed by atoms with van der Waals surface area (Å²) in [6, 6.07) is 6.05. The van der Waals surface area contributed by atoms with Gasteiger partial charge in [-0.2, -0.15) is 0 Å². The first-order valence-electron chi connectivity index (χ1n) is 6.73. The van der Waals surface area contributed by atoms with Crippen molar-refractivity contribution in [1.29, 1.82) is 0 Å². The van der Waals surface area contributed by atoms with Crippen LogP contribution in [0.15, 0.2) is 24.4 Å². The molecule has 1 aromatic carbocycles. The van der Waals surface area contributed by atoms with Crippen molar-refractivity contribution in [2.45, 2.75) is 13.3 Å². The lowest BCUT2D eigenvalue weighted by atomic mass is 10.1. The van der Waals surface area contributed by atoms with Gasteiger partial charge < -0.3 is 14.8 Å². The summed E-state index contributed by atoms with van der Waals surface area (Å²) in [5.74, 6) is 1.65. The van der Waals surface area contributed by atoms with Crippen LogP contribution in [0.4, 0.5) is 5.13 Å². The first-order chi connectivity index (χ1) is 10.3. The van der Waals surface area contributed by atoms with E-state index in [9.17, 15) is 0 Å². The number of nitrogens with one attached hydrogen (secondary N) is 1. The summed E-state index contributed by atoms with van der Waals surface area (Å²) >= 11 is 1.56. The molecule has 0 fully saturated rings. The number of nitrogens with zero attached hydrogens (tertiary/aromatic N) is 3. The molecule has 0 unspecified atom stereocenters. The number of anilines is 1. The topological polar surface area (TPSA) is 60.7 Å². The van der Waals surface area contributed by atoms with Gasteiger partial charge in [-0.3, -0.25) is 0 Å². The van der Waals surface area contributed by atoms with Gasteiger partial charge in [0.05, 0.1) is 11.9 Å². The number of aromatic nitrogens is 3. The Labute approximate surface area is 125 Å². The van der Waals surface area contributed by atoms with Crippen LogP contribution in [-0.4, -0.2) is 27.9 Å². The molecule has 3 heterocycles. The first kappa shape index (κ1) is 12.5. The van der Waals surface area contributed by atoms with E-state index in [-0.39, 0.29) is 0 Å². The lowest BCUT2D eigenvalue weighted by Crippen LogP contribution is -2.04. The van der Waals surface area contributed by atoms with Crippen molar-refractivity contribution in [3.63, 3.8) is 0 Å². The summed E-state index contributed by atoms with van der Waals surface area (Å²) < 4.78 is 12.5. The maximum atomic E-state index is 5.38. The van der Waals surface area contributed by atoms with Gasteiger partial charge >= 0.3 is 0 Å². The maximum absolute atomic E-state index is 5.38. The predicted molar refractivity (Wildman–Crippen MR) is 80.4 cm³/mol. The standard InChI is InChI=1S/C14H14N4O2S/c1-9-7-18-14(16-9)21-13(17-18)15-5-4-10-2-3-11-12(6-10)20-8-19-11/h2-3,6-7H,4-5,8H2,1H3,(H,15,17). The minimum atomic E-state index is 0.315. The van der Waals surface area contributed by atoms with Crippen molar-refractivity contribution >= 4 is 21.4 Å². The fourth-order valence-electron chi connectivity index (χ4n) is 2.29. The first-order valence-corrected chi connectivity index (χ1v) is 7.55. The molecule has 0 bridgehead atoms. The van der Waals surface area contributed by atoms with Gasteiger partial charge in [-0.1, -0.05) is 17.4 Å². The van der Waals surface area contributed by atoms with E-state index in [1.807, 2.05) is 29.8 Å². The average molecular weight is 302 g/mol. The fraction of sp³-hybridized carbons (Fsp3) is 0.286. The Morgan fingerprint density at radius 1 is 1.33 bits per heavy atom. The van der Waals surface area contributed by atoms with Crippen molar-refractivity contribution in [1.82, 2.24) is 14.6 Å². The van der Waals surface area contributed by atoms with Crippen molar-refractivity contribution in [3.8, 4) is 11.5 Å². The minimum absolute atomic E-state index is 0.315. The van der Waals surface area contributed by atoms with Crippen LogP contribution in [-0.2, 0) is 6.42 Å². The summed E-state index contributed by atoms with van der Waals surface area (Å²) in [7, 11) is 0. The molecule has 4 rings (SSSR count). The number of rotatable bonds is 4. The Balaban J connectivity index is 1.39. The molecule has 0 spiro atoms. The summed E-state index contributed by atoms with van der Waals surface area (Å²) in [5, 5.41) is 8.66. The normalized spacial score (nSPS) is 13.0. The zero-order valence-corrected chi connectivity index (χ0v) is 12.3.